The van der Waals surface area contributed by atoms with E-state index in [4.69, 9.17) is 9.47 Å². The van der Waals surface area contributed by atoms with Crippen molar-refractivity contribution in [3.63, 3.8) is 0 Å². The van der Waals surface area contributed by atoms with Crippen molar-refractivity contribution in [3.8, 4) is 0 Å². The molecule has 44 heavy (non-hydrogen) atoms. The van der Waals surface area contributed by atoms with Crippen LogP contribution in [0.15, 0.2) is 72.8 Å². The summed E-state index contributed by atoms with van der Waals surface area (Å²) in [5.41, 5.74) is 0.758. The van der Waals surface area contributed by atoms with Crippen molar-refractivity contribution >= 4 is 32.0 Å². The largest absolute Gasteiger partial charge is 0.461 e. The topological polar surface area (TPSA) is 145 Å². The first kappa shape index (κ1) is 37.1. The predicted octanol–water partition coefficient (Wildman–Crippen LogP) is 3.78. The first-order valence-corrected chi connectivity index (χ1v) is 17.7. The third kappa shape index (κ3) is 16.7. The van der Waals surface area contributed by atoms with Gasteiger partial charge in [0, 0.05) is 12.2 Å². The van der Waals surface area contributed by atoms with Gasteiger partial charge in [0.2, 0.25) is 20.0 Å². The fourth-order valence-corrected chi connectivity index (χ4v) is 8.16. The van der Waals surface area contributed by atoms with E-state index in [2.05, 4.69) is 9.44 Å². The summed E-state index contributed by atoms with van der Waals surface area (Å²) in [4.78, 5) is 24.8. The molecule has 12 heteroatoms. The monoisotopic (exact) mass is 650 g/mol. The Labute approximate surface area is 262 Å². The van der Waals surface area contributed by atoms with Crippen LogP contribution < -0.4 is 9.44 Å². The lowest BCUT2D eigenvalue weighted by molar-refractivity contribution is -0.141. The molecule has 0 unspecified atom stereocenters. The third-order valence-corrected chi connectivity index (χ3v) is 9.67. The molecule has 0 aliphatic carbocycles. The van der Waals surface area contributed by atoms with E-state index in [0.29, 0.717) is 0 Å². The van der Waals surface area contributed by atoms with Crippen molar-refractivity contribution in [2.45, 2.75) is 66.5 Å². The van der Waals surface area contributed by atoms with Crippen molar-refractivity contribution < 1.29 is 35.9 Å². The number of sulfonamides is 2. The van der Waals surface area contributed by atoms with Crippen LogP contribution >= 0.6 is 0 Å². The Morgan fingerprint density at radius 1 is 0.636 bits per heavy atom. The highest BCUT2D eigenvalue weighted by atomic mass is 32.2. The van der Waals surface area contributed by atoms with E-state index < -0.39 is 54.9 Å². The predicted molar refractivity (Wildman–Crippen MR) is 172 cm³/mol. The molecule has 2 atom stereocenters. The molecule has 0 fully saturated rings. The molecule has 0 radical (unpaired) electrons. The average Bonchev–Trinajstić information content (AvgIpc) is 2.87. The van der Waals surface area contributed by atoms with Crippen LogP contribution in [0.4, 0.5) is 0 Å². The Hall–Kier alpha value is -3.06. The molecule has 0 aliphatic rings. The van der Waals surface area contributed by atoms with Gasteiger partial charge in [-0.25, -0.2) is 35.9 Å². The minimum absolute atomic E-state index is 0.109. The molecule has 10 nitrogen and oxygen atoms in total. The maximum atomic E-state index is 12.7. The number of hydrogen-bond acceptors (Lipinski definition) is 8. The lowest BCUT2D eigenvalue weighted by atomic mass is 10.0. The zero-order chi connectivity index (χ0) is 33.0. The molecule has 0 amide bonds. The molecule has 2 N–H and O–H groups in total. The number of nitrogens with one attached hydrogen (secondary N) is 2. The molecule has 0 saturated heterocycles. The van der Waals surface area contributed by atoms with E-state index in [9.17, 15) is 26.4 Å². The van der Waals surface area contributed by atoms with Crippen LogP contribution in [-0.4, -0.2) is 65.6 Å². The quantitative estimate of drug-likeness (QED) is 0.206. The maximum absolute atomic E-state index is 12.7. The third-order valence-electron chi connectivity index (χ3n) is 5.80. The normalized spacial score (nSPS) is 14.2. The highest BCUT2D eigenvalue weighted by molar-refractivity contribution is 7.89. The molecule has 0 heterocycles. The van der Waals surface area contributed by atoms with Crippen molar-refractivity contribution in [2.75, 3.05) is 24.7 Å². The van der Waals surface area contributed by atoms with Gasteiger partial charge in [-0.05, 0) is 34.8 Å². The van der Waals surface area contributed by atoms with Gasteiger partial charge in [-0.3, -0.25) is 0 Å². The Morgan fingerprint density at radius 2 is 0.955 bits per heavy atom. The Kier molecular flexibility index (Phi) is 13.8. The summed E-state index contributed by atoms with van der Waals surface area (Å²) in [5.74, 6) is -1.94. The maximum Gasteiger partial charge on any atom is 0.331 e. The van der Waals surface area contributed by atoms with Gasteiger partial charge in [-0.15, -0.1) is 0 Å². The average molecular weight is 651 g/mol. The van der Waals surface area contributed by atoms with E-state index in [0.717, 1.165) is 23.3 Å². The molecule has 0 spiro atoms. The molecule has 0 saturated carbocycles. The van der Waals surface area contributed by atoms with Gasteiger partial charge in [-0.1, -0.05) is 102 Å². The highest BCUT2D eigenvalue weighted by Crippen LogP contribution is 2.17. The van der Waals surface area contributed by atoms with Crippen molar-refractivity contribution in [3.05, 3.63) is 83.9 Å². The fraction of sp³-hybridized carbons (Fsp3) is 0.500. The smallest absolute Gasteiger partial charge is 0.331 e. The summed E-state index contributed by atoms with van der Waals surface area (Å²) in [7, 11) is -7.35. The fourth-order valence-electron chi connectivity index (χ4n) is 4.40. The number of benzene rings is 2. The molecule has 0 aromatic heterocycles. The Balaban J connectivity index is 2.00. The summed E-state index contributed by atoms with van der Waals surface area (Å²) in [6.07, 6.45) is 2.36. The second-order valence-electron chi connectivity index (χ2n) is 13.2. The van der Waals surface area contributed by atoms with Crippen LogP contribution in [0.5, 0.6) is 0 Å². The van der Waals surface area contributed by atoms with Crippen LogP contribution in [0, 0.1) is 10.8 Å². The first-order valence-electron chi connectivity index (χ1n) is 14.4. The van der Waals surface area contributed by atoms with E-state index in [1.54, 1.807) is 0 Å². The highest BCUT2D eigenvalue weighted by Gasteiger charge is 2.27. The van der Waals surface area contributed by atoms with Gasteiger partial charge in [0.25, 0.3) is 0 Å². The number of carbonyl (C=O) groups excluding carboxylic acids is 2. The number of rotatable bonds is 16. The lowest BCUT2D eigenvalue weighted by Crippen LogP contribution is -2.43. The van der Waals surface area contributed by atoms with Crippen molar-refractivity contribution in [2.24, 2.45) is 10.8 Å². The van der Waals surface area contributed by atoms with Crippen LogP contribution in [0.25, 0.3) is 0 Å². The summed E-state index contributed by atoms with van der Waals surface area (Å²) < 4.78 is 66.7. The number of ether oxygens (including phenoxy) is 2. The minimum atomic E-state index is -3.68. The van der Waals surface area contributed by atoms with Gasteiger partial charge in [0.05, 0.1) is 23.6 Å². The molecule has 0 aliphatic heterocycles. The summed E-state index contributed by atoms with van der Waals surface area (Å²) in [6.45, 7) is 10.4. The van der Waals surface area contributed by atoms with Crippen molar-refractivity contribution in [1.82, 2.24) is 9.44 Å². The summed E-state index contributed by atoms with van der Waals surface area (Å²) in [6, 6.07) is 16.9. The van der Waals surface area contributed by atoms with Gasteiger partial charge in [0.1, 0.15) is 13.2 Å². The lowest BCUT2D eigenvalue weighted by Gasteiger charge is -2.23. The summed E-state index contributed by atoms with van der Waals surface area (Å²) in [5, 5.41) is 0. The van der Waals surface area contributed by atoms with Gasteiger partial charge in [-0.2, -0.15) is 0 Å². The van der Waals surface area contributed by atoms with Crippen LogP contribution in [0.1, 0.15) is 52.7 Å². The molecule has 2 rings (SSSR count). The van der Waals surface area contributed by atoms with Gasteiger partial charge < -0.3 is 9.47 Å². The number of esters is 2. The second kappa shape index (κ2) is 16.3. The standard InChI is InChI=1S/C32H46N2O8S2/c1-31(2,3)23-43(37,38)33-27(19-25-13-9-7-10-14-25)21-41-29(35)17-18-30(36)42-22-28(20-26-15-11-8-12-16-26)34-44(39,40)24-32(4,5)6/h7-18,27-28,33-34H,19-24H2,1-6H3/b18-17+/t27-,28-/m0/s1. The minimum Gasteiger partial charge on any atom is -0.461 e. The first-order chi connectivity index (χ1) is 20.3. The van der Waals surface area contributed by atoms with Gasteiger partial charge in [0.15, 0.2) is 0 Å². The second-order valence-corrected chi connectivity index (χ2v) is 16.7. The molecule has 244 valence electrons. The van der Waals surface area contributed by atoms with E-state index in [-0.39, 0.29) is 37.6 Å². The van der Waals surface area contributed by atoms with Crippen molar-refractivity contribution in [1.29, 1.82) is 0 Å². The molecule has 0 bridgehead atoms. The molecular weight excluding hydrogens is 604 g/mol. The summed E-state index contributed by atoms with van der Waals surface area (Å²) >= 11 is 0. The SMILES string of the molecule is CC(C)(C)CS(=O)(=O)N[C@H](COC(=O)/C=C/C(=O)OC[C@H](Cc1ccccc1)NS(=O)(=O)CC(C)(C)C)Cc1ccccc1. The molecular formula is C32H46N2O8S2. The molecule has 2 aromatic carbocycles. The zero-order valence-corrected chi connectivity index (χ0v) is 28.0. The van der Waals surface area contributed by atoms with Crippen LogP contribution in [0.3, 0.4) is 0 Å². The molecule has 2 aromatic rings. The van der Waals surface area contributed by atoms with Crippen LogP contribution in [0.2, 0.25) is 0 Å². The number of hydrogen-bond donors (Lipinski definition) is 2. The Morgan fingerprint density at radius 3 is 1.25 bits per heavy atom. The van der Waals surface area contributed by atoms with Gasteiger partial charge >= 0.3 is 11.9 Å². The Bertz CT molecular complexity index is 1330. The van der Waals surface area contributed by atoms with E-state index >= 15 is 0 Å². The zero-order valence-electron chi connectivity index (χ0n) is 26.4. The number of carbonyl (C=O) groups is 2. The van der Waals surface area contributed by atoms with Crippen LogP contribution in [-0.2, 0) is 52.0 Å². The van der Waals surface area contributed by atoms with E-state index in [1.165, 1.54) is 0 Å². The van der Waals surface area contributed by atoms with E-state index in [1.807, 2.05) is 102 Å².